The van der Waals surface area contributed by atoms with Gasteiger partial charge in [-0.1, -0.05) is 17.8 Å². The zero-order chi connectivity index (χ0) is 18.5. The summed E-state index contributed by atoms with van der Waals surface area (Å²) in [6, 6.07) is 12.3. The van der Waals surface area contributed by atoms with E-state index < -0.39 is 18.5 Å². The fourth-order valence-corrected chi connectivity index (χ4v) is 2.91. The minimum absolute atomic E-state index is 0.187. The Kier molecular flexibility index (Phi) is 5.43. The fraction of sp³-hybridized carbons (Fsp3) is 0.167. The van der Waals surface area contributed by atoms with Crippen molar-refractivity contribution in [3.8, 4) is 5.75 Å². The predicted molar refractivity (Wildman–Crippen MR) is 98.9 cm³/mol. The Morgan fingerprint density at radius 1 is 1.19 bits per heavy atom. The molecule has 7 nitrogen and oxygen atoms in total. The number of rotatable bonds is 6. The van der Waals surface area contributed by atoms with Gasteiger partial charge < -0.3 is 14.8 Å². The van der Waals surface area contributed by atoms with Gasteiger partial charge >= 0.3 is 5.97 Å². The minimum atomic E-state index is -0.640. The Labute approximate surface area is 154 Å². The van der Waals surface area contributed by atoms with Crippen LogP contribution in [0.25, 0.3) is 5.52 Å². The largest absolute Gasteiger partial charge is 0.497 e. The van der Waals surface area contributed by atoms with Crippen LogP contribution in [-0.4, -0.2) is 41.2 Å². The summed E-state index contributed by atoms with van der Waals surface area (Å²) in [6.45, 7) is -0.398. The van der Waals surface area contributed by atoms with Gasteiger partial charge in [-0.05, 0) is 42.7 Å². The molecule has 134 valence electrons. The topological polar surface area (TPSA) is 81.9 Å². The van der Waals surface area contributed by atoms with Crippen LogP contribution < -0.4 is 10.1 Å². The van der Waals surface area contributed by atoms with Crippen molar-refractivity contribution >= 4 is 34.8 Å². The molecule has 0 radical (unpaired) electrons. The molecule has 0 aliphatic carbocycles. The van der Waals surface area contributed by atoms with Crippen LogP contribution in [0.4, 0.5) is 5.69 Å². The molecular weight excluding hydrogens is 354 g/mol. The number of thioether (sulfide) groups is 1. The van der Waals surface area contributed by atoms with Gasteiger partial charge in [-0.15, -0.1) is 0 Å². The third kappa shape index (κ3) is 3.80. The molecule has 1 N–H and O–H groups in total. The van der Waals surface area contributed by atoms with Crippen molar-refractivity contribution in [2.45, 2.75) is 5.16 Å². The van der Waals surface area contributed by atoms with Gasteiger partial charge in [0.05, 0.1) is 12.6 Å². The number of hydrogen-bond donors (Lipinski definition) is 1. The monoisotopic (exact) mass is 371 g/mol. The summed E-state index contributed by atoms with van der Waals surface area (Å²) in [5.74, 6) is -0.387. The molecule has 26 heavy (non-hydrogen) atoms. The lowest BCUT2D eigenvalue weighted by Gasteiger charge is -2.07. The molecule has 0 bridgehead atoms. The number of ether oxygens (including phenoxy) is 2. The molecule has 2 heterocycles. The van der Waals surface area contributed by atoms with Crippen LogP contribution in [0.3, 0.4) is 0 Å². The molecule has 2 aromatic heterocycles. The number of anilines is 1. The van der Waals surface area contributed by atoms with Gasteiger partial charge in [0.15, 0.2) is 17.5 Å². The summed E-state index contributed by atoms with van der Waals surface area (Å²) in [7, 11) is 1.56. The maximum absolute atomic E-state index is 12.3. The quantitative estimate of drug-likeness (QED) is 0.530. The zero-order valence-corrected chi connectivity index (χ0v) is 15.1. The van der Waals surface area contributed by atoms with Crippen molar-refractivity contribution in [2.75, 3.05) is 25.3 Å². The van der Waals surface area contributed by atoms with Crippen molar-refractivity contribution in [2.24, 2.45) is 0 Å². The summed E-state index contributed by atoms with van der Waals surface area (Å²) in [4.78, 5) is 28.6. The van der Waals surface area contributed by atoms with E-state index in [0.29, 0.717) is 22.1 Å². The molecule has 0 saturated heterocycles. The Morgan fingerprint density at radius 3 is 2.65 bits per heavy atom. The lowest BCUT2D eigenvalue weighted by atomic mass is 10.3. The molecule has 0 unspecified atom stereocenters. The lowest BCUT2D eigenvalue weighted by molar-refractivity contribution is -0.119. The number of carbonyl (C=O) groups excluding carboxylic acids is 2. The summed E-state index contributed by atoms with van der Waals surface area (Å²) < 4.78 is 12.0. The standard InChI is InChI=1S/C18H17N3O4S/c1-24-13-8-6-12(7-9-13)19-15(22)11-25-17(23)16-14-5-3-4-10-21(14)18(20-16)26-2/h3-10H,11H2,1-2H3,(H,19,22). The summed E-state index contributed by atoms with van der Waals surface area (Å²) in [5, 5.41) is 3.33. The average molecular weight is 371 g/mol. The summed E-state index contributed by atoms with van der Waals surface area (Å²) >= 11 is 1.42. The van der Waals surface area contributed by atoms with Gasteiger partial charge in [-0.3, -0.25) is 9.20 Å². The normalized spacial score (nSPS) is 10.5. The van der Waals surface area contributed by atoms with Crippen LogP contribution in [0, 0.1) is 0 Å². The Morgan fingerprint density at radius 2 is 1.96 bits per heavy atom. The Bertz CT molecular complexity index is 937. The third-order valence-electron chi connectivity index (χ3n) is 3.60. The predicted octanol–water partition coefficient (Wildman–Crippen LogP) is 2.86. The van der Waals surface area contributed by atoms with Gasteiger partial charge in [0.2, 0.25) is 0 Å². The number of amides is 1. The van der Waals surface area contributed by atoms with E-state index in [4.69, 9.17) is 9.47 Å². The van der Waals surface area contributed by atoms with Gasteiger partial charge in [-0.25, -0.2) is 9.78 Å². The van der Waals surface area contributed by atoms with E-state index in [2.05, 4.69) is 10.3 Å². The van der Waals surface area contributed by atoms with Crippen LogP contribution in [0.15, 0.2) is 53.8 Å². The van der Waals surface area contributed by atoms with Crippen LogP contribution >= 0.6 is 11.8 Å². The Hall–Kier alpha value is -3.00. The number of aromatic nitrogens is 2. The lowest BCUT2D eigenvalue weighted by Crippen LogP contribution is -2.21. The summed E-state index contributed by atoms with van der Waals surface area (Å²) in [6.07, 6.45) is 3.69. The highest BCUT2D eigenvalue weighted by Gasteiger charge is 2.19. The summed E-state index contributed by atoms with van der Waals surface area (Å²) in [5.41, 5.74) is 1.41. The van der Waals surface area contributed by atoms with E-state index in [0.717, 1.165) is 0 Å². The molecule has 0 atom stereocenters. The first kappa shape index (κ1) is 17.8. The van der Waals surface area contributed by atoms with Crippen LogP contribution in [0.1, 0.15) is 10.5 Å². The van der Waals surface area contributed by atoms with Crippen LogP contribution in [0.5, 0.6) is 5.75 Å². The van der Waals surface area contributed by atoms with Crippen molar-refractivity contribution < 1.29 is 19.1 Å². The molecular formula is C18H17N3O4S. The molecule has 0 aliphatic heterocycles. The van der Waals surface area contributed by atoms with Crippen molar-refractivity contribution in [3.63, 3.8) is 0 Å². The number of nitrogens with one attached hydrogen (secondary N) is 1. The molecule has 3 aromatic rings. The SMILES string of the molecule is COc1ccc(NC(=O)COC(=O)c2nc(SC)n3ccccc23)cc1. The fourth-order valence-electron chi connectivity index (χ4n) is 2.37. The van der Waals surface area contributed by atoms with Gasteiger partial charge in [0.1, 0.15) is 5.75 Å². The third-order valence-corrected chi connectivity index (χ3v) is 4.25. The molecule has 0 aliphatic rings. The second kappa shape index (κ2) is 7.92. The average Bonchev–Trinajstić information content (AvgIpc) is 3.06. The molecule has 1 amide bonds. The highest BCUT2D eigenvalue weighted by atomic mass is 32.2. The van der Waals surface area contributed by atoms with Gasteiger partial charge in [-0.2, -0.15) is 0 Å². The number of esters is 1. The highest BCUT2D eigenvalue weighted by molar-refractivity contribution is 7.98. The molecule has 3 rings (SSSR count). The van der Waals surface area contributed by atoms with Gasteiger partial charge in [0, 0.05) is 11.9 Å². The van der Waals surface area contributed by atoms with Crippen molar-refractivity contribution in [3.05, 3.63) is 54.4 Å². The second-order valence-electron chi connectivity index (χ2n) is 5.26. The number of benzene rings is 1. The van der Waals surface area contributed by atoms with E-state index in [9.17, 15) is 9.59 Å². The van der Waals surface area contributed by atoms with Crippen molar-refractivity contribution in [1.29, 1.82) is 0 Å². The number of pyridine rings is 1. The molecule has 0 saturated carbocycles. The molecule has 1 aromatic carbocycles. The van der Waals surface area contributed by atoms with E-state index in [-0.39, 0.29) is 5.69 Å². The smallest absolute Gasteiger partial charge is 0.359 e. The molecule has 8 heteroatoms. The second-order valence-corrected chi connectivity index (χ2v) is 6.03. The molecule has 0 spiro atoms. The number of carbonyl (C=O) groups is 2. The van der Waals surface area contributed by atoms with Crippen molar-refractivity contribution in [1.82, 2.24) is 9.38 Å². The first-order valence-electron chi connectivity index (χ1n) is 7.74. The number of nitrogens with zero attached hydrogens (tertiary/aromatic N) is 2. The highest BCUT2D eigenvalue weighted by Crippen LogP contribution is 2.20. The number of fused-ring (bicyclic) bond motifs is 1. The number of methoxy groups -OCH3 is 1. The van der Waals surface area contributed by atoms with E-state index in [1.165, 1.54) is 11.8 Å². The first-order chi connectivity index (χ1) is 12.6. The first-order valence-corrected chi connectivity index (χ1v) is 8.97. The number of imidazole rings is 1. The van der Waals surface area contributed by atoms with Gasteiger partial charge in [0.25, 0.3) is 5.91 Å². The zero-order valence-electron chi connectivity index (χ0n) is 14.3. The van der Waals surface area contributed by atoms with E-state index in [1.807, 2.05) is 24.6 Å². The Balaban J connectivity index is 1.64. The van der Waals surface area contributed by atoms with E-state index >= 15 is 0 Å². The maximum Gasteiger partial charge on any atom is 0.359 e. The van der Waals surface area contributed by atoms with E-state index in [1.54, 1.807) is 41.8 Å². The minimum Gasteiger partial charge on any atom is -0.497 e. The van der Waals surface area contributed by atoms with Crippen LogP contribution in [-0.2, 0) is 9.53 Å². The van der Waals surface area contributed by atoms with Crippen LogP contribution in [0.2, 0.25) is 0 Å². The molecule has 0 fully saturated rings. The number of hydrogen-bond acceptors (Lipinski definition) is 6. The maximum atomic E-state index is 12.3.